The van der Waals surface area contributed by atoms with Crippen LogP contribution < -0.4 is 10.3 Å². The molecule has 2 amide bonds. The van der Waals surface area contributed by atoms with Gasteiger partial charge in [0.1, 0.15) is 24.7 Å². The maximum atomic E-state index is 13.3. The van der Waals surface area contributed by atoms with Crippen LogP contribution in [0.25, 0.3) is 10.8 Å². The first-order valence-corrected chi connectivity index (χ1v) is 12.2. The van der Waals surface area contributed by atoms with Crippen LogP contribution in [0.15, 0.2) is 71.8 Å². The quantitative estimate of drug-likeness (QED) is 0.614. The van der Waals surface area contributed by atoms with Gasteiger partial charge in [-0.3, -0.25) is 14.6 Å². The van der Waals surface area contributed by atoms with Crippen molar-refractivity contribution in [3.63, 3.8) is 0 Å². The Kier molecular flexibility index (Phi) is 5.77. The highest BCUT2D eigenvalue weighted by molar-refractivity contribution is 5.91. The van der Waals surface area contributed by atoms with Crippen LogP contribution in [0.1, 0.15) is 18.0 Å². The summed E-state index contributed by atoms with van der Waals surface area (Å²) in [5, 5.41) is 9.66. The Labute approximate surface area is 208 Å². The maximum absolute atomic E-state index is 13.3. The first-order valence-electron chi connectivity index (χ1n) is 12.2. The van der Waals surface area contributed by atoms with Crippen LogP contribution in [0, 0.1) is 5.82 Å². The van der Waals surface area contributed by atoms with Gasteiger partial charge in [-0.15, -0.1) is 0 Å². The van der Waals surface area contributed by atoms with E-state index in [1.807, 2.05) is 18.2 Å². The zero-order valence-electron chi connectivity index (χ0n) is 19.8. The largest absolute Gasteiger partial charge is 0.368 e. The lowest BCUT2D eigenvalue weighted by Gasteiger charge is -2.37. The first-order chi connectivity index (χ1) is 17.6. The van der Waals surface area contributed by atoms with Crippen molar-refractivity contribution in [1.29, 1.82) is 0 Å². The second-order valence-corrected chi connectivity index (χ2v) is 9.38. The Morgan fingerprint density at radius 3 is 2.53 bits per heavy atom. The summed E-state index contributed by atoms with van der Waals surface area (Å²) < 4.78 is 13.2. The number of carbonyl (C=O) groups excluding carboxylic acids is 2. The number of hydrazine groups is 1. The number of amides is 2. The number of nitrogens with zero attached hydrogens (tertiary/aromatic N) is 5. The van der Waals surface area contributed by atoms with Crippen LogP contribution in [-0.2, 0) is 9.59 Å². The topological polar surface area (TPSA) is 71.5 Å². The van der Waals surface area contributed by atoms with Crippen molar-refractivity contribution in [2.24, 2.45) is 5.10 Å². The molecule has 0 spiro atoms. The summed E-state index contributed by atoms with van der Waals surface area (Å²) in [5.41, 5.74) is 5.49. The molecule has 8 nitrogen and oxygen atoms in total. The van der Waals surface area contributed by atoms with Crippen molar-refractivity contribution >= 4 is 34.6 Å². The van der Waals surface area contributed by atoms with E-state index in [2.05, 4.69) is 39.7 Å². The lowest BCUT2D eigenvalue weighted by atomic mass is 9.96. The molecule has 9 heteroatoms. The van der Waals surface area contributed by atoms with Crippen molar-refractivity contribution in [3.8, 4) is 0 Å². The molecule has 2 fully saturated rings. The lowest BCUT2D eigenvalue weighted by Crippen LogP contribution is -2.55. The van der Waals surface area contributed by atoms with Gasteiger partial charge in [-0.2, -0.15) is 5.10 Å². The van der Waals surface area contributed by atoms with Gasteiger partial charge < -0.3 is 9.80 Å². The van der Waals surface area contributed by atoms with Gasteiger partial charge in [0.2, 0.25) is 5.91 Å². The summed E-state index contributed by atoms with van der Waals surface area (Å²) in [6, 6.07) is 20.4. The summed E-state index contributed by atoms with van der Waals surface area (Å²) in [6.45, 7) is 2.32. The van der Waals surface area contributed by atoms with Crippen LogP contribution >= 0.6 is 0 Å². The Bertz CT molecular complexity index is 1320. The number of nitrogens with one attached hydrogen (secondary N) is 1. The van der Waals surface area contributed by atoms with Crippen LogP contribution in [-0.4, -0.2) is 71.8 Å². The third kappa shape index (κ3) is 4.15. The molecular formula is C27H27FN6O2. The van der Waals surface area contributed by atoms with Crippen LogP contribution in [0.5, 0.6) is 0 Å². The molecule has 0 aromatic heterocycles. The van der Waals surface area contributed by atoms with Gasteiger partial charge in [-0.05, 0) is 47.0 Å². The highest BCUT2D eigenvalue weighted by atomic mass is 19.1. The van der Waals surface area contributed by atoms with E-state index >= 15 is 0 Å². The van der Waals surface area contributed by atoms with Crippen molar-refractivity contribution < 1.29 is 14.0 Å². The molecule has 3 aromatic carbocycles. The summed E-state index contributed by atoms with van der Waals surface area (Å²) in [4.78, 5) is 30.1. The van der Waals surface area contributed by atoms with Gasteiger partial charge in [0, 0.05) is 31.9 Å². The number of rotatable bonds is 4. The number of benzene rings is 3. The molecule has 2 atom stereocenters. The SMILES string of the molecule is O=C(CN1N=CN2NC(c3cccc4ccccc34)CC2C1=O)N1CCN(c2ccc(F)cc2)CC1. The minimum atomic E-state index is -0.408. The zero-order chi connectivity index (χ0) is 24.6. The monoisotopic (exact) mass is 486 g/mol. The molecule has 2 unspecified atom stereocenters. The number of hydrogen-bond acceptors (Lipinski definition) is 6. The Hall–Kier alpha value is -3.98. The fourth-order valence-electron chi connectivity index (χ4n) is 5.30. The number of hydrogen-bond donors (Lipinski definition) is 1. The van der Waals surface area contributed by atoms with Crippen LogP contribution in [0.2, 0.25) is 0 Å². The molecule has 1 N–H and O–H groups in total. The molecule has 6 rings (SSSR count). The molecule has 3 aliphatic heterocycles. The minimum absolute atomic E-state index is 0.0216. The molecule has 3 heterocycles. The van der Waals surface area contributed by atoms with Crippen molar-refractivity contribution in [2.45, 2.75) is 18.5 Å². The van der Waals surface area contributed by atoms with E-state index in [0.29, 0.717) is 32.6 Å². The number of carbonyl (C=O) groups is 2. The third-order valence-electron chi connectivity index (χ3n) is 7.26. The Balaban J connectivity index is 1.08. The molecule has 3 aliphatic rings. The van der Waals surface area contributed by atoms with E-state index in [-0.39, 0.29) is 30.2 Å². The summed E-state index contributed by atoms with van der Waals surface area (Å²) >= 11 is 0. The number of hydrazone groups is 1. The molecule has 184 valence electrons. The maximum Gasteiger partial charge on any atom is 0.267 e. The molecule has 36 heavy (non-hydrogen) atoms. The molecule has 0 aliphatic carbocycles. The zero-order valence-corrected chi connectivity index (χ0v) is 19.8. The number of halogens is 1. The van der Waals surface area contributed by atoms with E-state index < -0.39 is 6.04 Å². The second kappa shape index (κ2) is 9.23. The highest BCUT2D eigenvalue weighted by Gasteiger charge is 2.42. The number of fused-ring (bicyclic) bond motifs is 2. The first kappa shape index (κ1) is 22.5. The summed E-state index contributed by atoms with van der Waals surface area (Å²) in [7, 11) is 0. The molecule has 2 saturated heterocycles. The molecular weight excluding hydrogens is 459 g/mol. The average molecular weight is 487 g/mol. The van der Waals surface area contributed by atoms with E-state index in [9.17, 15) is 14.0 Å². The van der Waals surface area contributed by atoms with E-state index in [1.165, 1.54) is 17.1 Å². The van der Waals surface area contributed by atoms with E-state index in [4.69, 9.17) is 0 Å². The van der Waals surface area contributed by atoms with Gasteiger partial charge >= 0.3 is 0 Å². The molecule has 3 aromatic rings. The lowest BCUT2D eigenvalue weighted by molar-refractivity contribution is -0.144. The van der Waals surface area contributed by atoms with Gasteiger partial charge in [-0.25, -0.2) is 14.8 Å². The molecule has 0 saturated carbocycles. The molecule has 0 radical (unpaired) electrons. The highest BCUT2D eigenvalue weighted by Crippen LogP contribution is 2.33. The third-order valence-corrected chi connectivity index (χ3v) is 7.26. The fourth-order valence-corrected chi connectivity index (χ4v) is 5.30. The Morgan fingerprint density at radius 2 is 1.72 bits per heavy atom. The number of anilines is 1. The predicted octanol–water partition coefficient (Wildman–Crippen LogP) is 2.73. The van der Waals surface area contributed by atoms with E-state index in [0.717, 1.165) is 22.0 Å². The van der Waals surface area contributed by atoms with Crippen LogP contribution in [0.3, 0.4) is 0 Å². The fraction of sp³-hybridized carbons (Fsp3) is 0.296. The van der Waals surface area contributed by atoms with Gasteiger partial charge in [0.15, 0.2) is 0 Å². The second-order valence-electron chi connectivity index (χ2n) is 9.38. The van der Waals surface area contributed by atoms with Gasteiger partial charge in [0.25, 0.3) is 5.91 Å². The van der Waals surface area contributed by atoms with Crippen molar-refractivity contribution in [2.75, 3.05) is 37.6 Å². The normalized spacial score (nSPS) is 21.9. The standard InChI is InChI=1S/C27H27FN6O2/c28-20-8-10-21(11-9-20)31-12-14-32(15-13-31)26(35)17-33-27(36)25-16-24(30-34(25)18-29-33)23-7-3-5-19-4-1-2-6-22(19)23/h1-11,18,24-25,30H,12-17H2. The summed E-state index contributed by atoms with van der Waals surface area (Å²) in [5.74, 6) is -0.561. The van der Waals surface area contributed by atoms with Gasteiger partial charge in [-0.1, -0.05) is 42.5 Å². The van der Waals surface area contributed by atoms with Crippen molar-refractivity contribution in [3.05, 3.63) is 78.1 Å². The number of piperazine rings is 1. The summed E-state index contributed by atoms with van der Waals surface area (Å²) in [6.07, 6.45) is 2.21. The van der Waals surface area contributed by atoms with Crippen LogP contribution in [0.4, 0.5) is 10.1 Å². The molecule has 0 bridgehead atoms. The average Bonchev–Trinajstić information content (AvgIpc) is 3.35. The van der Waals surface area contributed by atoms with Crippen molar-refractivity contribution in [1.82, 2.24) is 20.3 Å². The smallest absolute Gasteiger partial charge is 0.267 e. The van der Waals surface area contributed by atoms with Gasteiger partial charge in [0.05, 0.1) is 6.04 Å². The minimum Gasteiger partial charge on any atom is -0.368 e. The Morgan fingerprint density at radius 1 is 0.972 bits per heavy atom. The predicted molar refractivity (Wildman–Crippen MR) is 135 cm³/mol. The van der Waals surface area contributed by atoms with E-state index in [1.54, 1.807) is 28.4 Å².